The van der Waals surface area contributed by atoms with Gasteiger partial charge in [0.2, 0.25) is 11.8 Å². The summed E-state index contributed by atoms with van der Waals surface area (Å²) in [5.41, 5.74) is 0.455. The number of methoxy groups -OCH3 is 1. The van der Waals surface area contributed by atoms with E-state index in [1.807, 2.05) is 26.0 Å². The molecule has 3 rings (SSSR count). The van der Waals surface area contributed by atoms with Crippen LogP contribution in [-0.4, -0.2) is 58.4 Å². The Morgan fingerprint density at radius 2 is 2.09 bits per heavy atom. The van der Waals surface area contributed by atoms with Crippen LogP contribution in [0.5, 0.6) is 5.75 Å². The number of halogens is 1. The first-order valence-corrected chi connectivity index (χ1v) is 12.0. The molecule has 1 saturated heterocycles. The summed E-state index contributed by atoms with van der Waals surface area (Å²) in [5.74, 6) is -0.211. The van der Waals surface area contributed by atoms with Crippen LogP contribution in [0.1, 0.15) is 20.3 Å². The highest BCUT2D eigenvalue weighted by Gasteiger charge is 2.41. The van der Waals surface area contributed by atoms with Crippen molar-refractivity contribution in [3.8, 4) is 5.75 Å². The summed E-state index contributed by atoms with van der Waals surface area (Å²) in [6, 6.07) is 10.7. The molecule has 2 aromatic rings. The number of para-hydroxylation sites is 2. The minimum Gasteiger partial charge on any atom is -0.492 e. The maximum absolute atomic E-state index is 13.3. The predicted molar refractivity (Wildman–Crippen MR) is 136 cm³/mol. The third kappa shape index (κ3) is 6.50. The molecular formula is C23H25ClN4O6S. The highest BCUT2D eigenvalue weighted by molar-refractivity contribution is 8.15. The molecule has 10 nitrogen and oxygen atoms in total. The number of amidine groups is 1. The van der Waals surface area contributed by atoms with Gasteiger partial charge in [0.1, 0.15) is 16.7 Å². The first kappa shape index (κ1) is 26.5. The lowest BCUT2D eigenvalue weighted by Gasteiger charge is -2.23. The lowest BCUT2D eigenvalue weighted by atomic mass is 10.2. The van der Waals surface area contributed by atoms with Gasteiger partial charge in [0.25, 0.3) is 5.69 Å². The van der Waals surface area contributed by atoms with Gasteiger partial charge >= 0.3 is 0 Å². The number of hydrogen-bond donors (Lipinski definition) is 1. The van der Waals surface area contributed by atoms with Crippen molar-refractivity contribution in [2.75, 3.05) is 25.6 Å². The fourth-order valence-corrected chi connectivity index (χ4v) is 4.84. The molecular weight excluding hydrogens is 496 g/mol. The van der Waals surface area contributed by atoms with Crippen molar-refractivity contribution in [3.05, 3.63) is 57.6 Å². The molecule has 0 bridgehead atoms. The minimum atomic E-state index is -0.746. The number of ether oxygens (including phenoxy) is 2. The molecule has 0 radical (unpaired) electrons. The van der Waals surface area contributed by atoms with Gasteiger partial charge in [-0.3, -0.25) is 24.6 Å². The van der Waals surface area contributed by atoms with Gasteiger partial charge in [0, 0.05) is 25.7 Å². The van der Waals surface area contributed by atoms with E-state index in [0.29, 0.717) is 23.2 Å². The van der Waals surface area contributed by atoms with Crippen LogP contribution in [0, 0.1) is 10.1 Å². The molecule has 1 aliphatic heterocycles. The van der Waals surface area contributed by atoms with Crippen LogP contribution in [0.25, 0.3) is 0 Å². The summed E-state index contributed by atoms with van der Waals surface area (Å²) in [7, 11) is 1.54. The zero-order valence-electron chi connectivity index (χ0n) is 19.4. The molecule has 2 amide bonds. The molecule has 2 unspecified atom stereocenters. The third-order valence-corrected chi connectivity index (χ3v) is 6.48. The number of carbonyl (C=O) groups is 2. The van der Waals surface area contributed by atoms with Gasteiger partial charge in [0.05, 0.1) is 34.9 Å². The number of amides is 2. The summed E-state index contributed by atoms with van der Waals surface area (Å²) >= 11 is 7.25. The molecule has 1 N–H and O–H groups in total. The van der Waals surface area contributed by atoms with E-state index in [2.05, 4.69) is 10.3 Å². The monoisotopic (exact) mass is 520 g/mol. The van der Waals surface area contributed by atoms with Crippen LogP contribution in [0.2, 0.25) is 5.02 Å². The number of nitrogens with zero attached hydrogens (tertiary/aromatic N) is 3. The number of rotatable bonds is 10. The highest BCUT2D eigenvalue weighted by atomic mass is 35.5. The number of anilines is 1. The van der Waals surface area contributed by atoms with Gasteiger partial charge < -0.3 is 14.8 Å². The number of hydrogen-bond acceptors (Lipinski definition) is 8. The van der Waals surface area contributed by atoms with E-state index in [-0.39, 0.29) is 41.4 Å². The van der Waals surface area contributed by atoms with Gasteiger partial charge in [-0.2, -0.15) is 0 Å². The number of benzene rings is 2. The number of thioether (sulfide) groups is 1. The molecule has 2 atom stereocenters. The van der Waals surface area contributed by atoms with Crippen LogP contribution >= 0.6 is 23.4 Å². The van der Waals surface area contributed by atoms with E-state index in [1.54, 1.807) is 19.2 Å². The number of nitrogens with one attached hydrogen (secondary N) is 1. The van der Waals surface area contributed by atoms with Gasteiger partial charge in [-0.25, -0.2) is 4.99 Å². The van der Waals surface area contributed by atoms with Gasteiger partial charge in [0.15, 0.2) is 5.17 Å². The summed E-state index contributed by atoms with van der Waals surface area (Å²) in [4.78, 5) is 42.7. The van der Waals surface area contributed by atoms with Crippen molar-refractivity contribution in [3.63, 3.8) is 0 Å². The second-order valence-electron chi connectivity index (χ2n) is 7.59. The quantitative estimate of drug-likeness (QED) is 0.357. The number of nitro groups is 1. The third-order valence-electron chi connectivity index (χ3n) is 5.00. The number of aliphatic imine (C=N–C) groups is 1. The molecule has 0 saturated carbocycles. The SMILES string of the molecule is CCOc1ccccc1N=C1SC(CC(=O)Nc2cc([N+](=O)[O-])ccc2Cl)C(=O)N1C(C)COC. The van der Waals surface area contributed by atoms with Crippen LogP contribution in [0.4, 0.5) is 17.1 Å². The van der Waals surface area contributed by atoms with Gasteiger partial charge in [-0.15, -0.1) is 0 Å². The predicted octanol–water partition coefficient (Wildman–Crippen LogP) is 4.64. The highest BCUT2D eigenvalue weighted by Crippen LogP contribution is 2.36. The Morgan fingerprint density at radius 3 is 2.77 bits per heavy atom. The maximum Gasteiger partial charge on any atom is 0.271 e. The maximum atomic E-state index is 13.3. The van der Waals surface area contributed by atoms with Gasteiger partial charge in [-0.1, -0.05) is 35.5 Å². The number of carbonyl (C=O) groups excluding carboxylic acids is 2. The van der Waals surface area contributed by atoms with E-state index < -0.39 is 16.1 Å². The Labute approximate surface area is 211 Å². The molecule has 0 spiro atoms. The van der Waals surface area contributed by atoms with Crippen LogP contribution in [0.15, 0.2) is 47.5 Å². The fraction of sp³-hybridized carbons (Fsp3) is 0.348. The van der Waals surface area contributed by atoms with E-state index in [4.69, 9.17) is 21.1 Å². The summed E-state index contributed by atoms with van der Waals surface area (Å²) in [6.45, 7) is 4.44. The smallest absolute Gasteiger partial charge is 0.271 e. The fourth-order valence-electron chi connectivity index (χ4n) is 3.44. The van der Waals surface area contributed by atoms with Crippen molar-refractivity contribution in [2.24, 2.45) is 4.99 Å². The summed E-state index contributed by atoms with van der Waals surface area (Å²) < 4.78 is 10.9. The Morgan fingerprint density at radius 1 is 1.34 bits per heavy atom. The van der Waals surface area contributed by atoms with Crippen molar-refractivity contribution < 1.29 is 24.0 Å². The first-order chi connectivity index (χ1) is 16.7. The molecule has 1 heterocycles. The van der Waals surface area contributed by atoms with Crippen LogP contribution in [0.3, 0.4) is 0 Å². The largest absolute Gasteiger partial charge is 0.492 e. The van der Waals surface area contributed by atoms with Crippen LogP contribution in [-0.2, 0) is 14.3 Å². The van der Waals surface area contributed by atoms with Crippen LogP contribution < -0.4 is 10.1 Å². The average molecular weight is 521 g/mol. The van der Waals surface area contributed by atoms with Crippen molar-refractivity contribution in [2.45, 2.75) is 31.6 Å². The van der Waals surface area contributed by atoms with E-state index in [9.17, 15) is 19.7 Å². The second kappa shape index (κ2) is 12.0. The Bertz CT molecular complexity index is 1140. The van der Waals surface area contributed by atoms with Gasteiger partial charge in [-0.05, 0) is 32.0 Å². The first-order valence-electron chi connectivity index (χ1n) is 10.8. The second-order valence-corrected chi connectivity index (χ2v) is 9.16. The standard InChI is InChI=1S/C23H25ClN4O6S/c1-4-34-19-8-6-5-7-17(19)26-23-27(14(2)13-33-3)22(30)20(35-23)12-21(29)25-18-11-15(28(31)32)9-10-16(18)24/h5-11,14,20H,4,12-13H2,1-3H3,(H,25,29). The van der Waals surface area contributed by atoms with E-state index >= 15 is 0 Å². The number of non-ortho nitro benzene ring substituents is 1. The molecule has 1 fully saturated rings. The molecule has 0 aromatic heterocycles. The minimum absolute atomic E-state index is 0.102. The lowest BCUT2D eigenvalue weighted by molar-refractivity contribution is -0.384. The molecule has 35 heavy (non-hydrogen) atoms. The summed E-state index contributed by atoms with van der Waals surface area (Å²) in [5, 5.41) is 13.4. The van der Waals surface area contributed by atoms with Crippen molar-refractivity contribution >= 4 is 57.4 Å². The average Bonchev–Trinajstić information content (AvgIpc) is 3.11. The molecule has 0 aliphatic carbocycles. The molecule has 2 aromatic carbocycles. The summed E-state index contributed by atoms with van der Waals surface area (Å²) in [6.07, 6.45) is -0.176. The number of nitro benzene ring substituents is 1. The Kier molecular flexibility index (Phi) is 9.07. The topological polar surface area (TPSA) is 123 Å². The zero-order chi connectivity index (χ0) is 25.5. The molecule has 12 heteroatoms. The van der Waals surface area contributed by atoms with Crippen molar-refractivity contribution in [1.29, 1.82) is 0 Å². The van der Waals surface area contributed by atoms with E-state index in [0.717, 1.165) is 0 Å². The normalized spacial score (nSPS) is 17.5. The van der Waals surface area contributed by atoms with E-state index in [1.165, 1.54) is 34.9 Å². The molecule has 186 valence electrons. The van der Waals surface area contributed by atoms with Crippen molar-refractivity contribution in [1.82, 2.24) is 4.90 Å². The zero-order valence-corrected chi connectivity index (χ0v) is 21.0. The lowest BCUT2D eigenvalue weighted by Crippen LogP contribution is -2.42. The Balaban J connectivity index is 1.84. The molecule has 1 aliphatic rings. The Hall–Kier alpha value is -3.15.